The van der Waals surface area contributed by atoms with E-state index in [1.54, 1.807) is 25.1 Å². The molecule has 4 rings (SSSR count). The second kappa shape index (κ2) is 9.19. The Morgan fingerprint density at radius 2 is 1.71 bits per heavy atom. The molecule has 35 heavy (non-hydrogen) atoms. The lowest BCUT2D eigenvalue weighted by atomic mass is 10.1. The Balaban J connectivity index is 1.77. The number of anilines is 1. The van der Waals surface area contributed by atoms with Crippen molar-refractivity contribution in [2.75, 3.05) is 18.9 Å². The molecular formula is C21H23ClF2N6O4S. The van der Waals surface area contributed by atoms with Crippen molar-refractivity contribution in [1.82, 2.24) is 24.7 Å². The number of ether oxygens (including phenoxy) is 2. The lowest BCUT2D eigenvalue weighted by molar-refractivity contribution is 0.110. The minimum absolute atomic E-state index is 0.114. The van der Waals surface area contributed by atoms with Gasteiger partial charge in [0.15, 0.2) is 0 Å². The van der Waals surface area contributed by atoms with E-state index >= 15 is 0 Å². The summed E-state index contributed by atoms with van der Waals surface area (Å²) >= 11 is 5.82. The van der Waals surface area contributed by atoms with E-state index in [9.17, 15) is 17.2 Å². The highest BCUT2D eigenvalue weighted by Crippen LogP contribution is 2.56. The molecule has 3 aromatic rings. The molecule has 1 fully saturated rings. The molecule has 1 aliphatic carbocycles. The maximum absolute atomic E-state index is 14.0. The highest BCUT2D eigenvalue weighted by atomic mass is 35.5. The van der Waals surface area contributed by atoms with Crippen LogP contribution in [-0.4, -0.2) is 58.5 Å². The number of methoxy groups -OCH3 is 2. The van der Waals surface area contributed by atoms with Crippen molar-refractivity contribution < 1.29 is 26.7 Å². The van der Waals surface area contributed by atoms with E-state index in [4.69, 9.17) is 21.1 Å². The zero-order chi connectivity index (χ0) is 25.5. The van der Waals surface area contributed by atoms with E-state index in [1.165, 1.54) is 38.1 Å². The predicted octanol–water partition coefficient (Wildman–Crippen LogP) is 3.78. The lowest BCUT2D eigenvalue weighted by Gasteiger charge is -2.21. The Kier molecular flexibility index (Phi) is 6.58. The van der Waals surface area contributed by atoms with Crippen LogP contribution in [0.2, 0.25) is 5.02 Å². The second-order valence-electron chi connectivity index (χ2n) is 8.15. The fourth-order valence-corrected chi connectivity index (χ4v) is 4.94. The maximum atomic E-state index is 14.0. The predicted molar refractivity (Wildman–Crippen MR) is 124 cm³/mol. The first-order valence-electron chi connectivity index (χ1n) is 10.5. The molecule has 188 valence electrons. The van der Waals surface area contributed by atoms with Crippen LogP contribution >= 0.6 is 11.6 Å². The number of nitrogens with one attached hydrogen (secondary N) is 1. The highest BCUT2D eigenvalue weighted by molar-refractivity contribution is 7.93. The summed E-state index contributed by atoms with van der Waals surface area (Å²) in [5, 5.41) is 7.11. The first-order chi connectivity index (χ1) is 16.5. The number of nitrogens with zero attached hydrogens (tertiary/aromatic N) is 5. The Labute approximate surface area is 205 Å². The number of para-hydroxylation sites is 1. The molecule has 1 saturated carbocycles. The number of aromatic nitrogens is 5. The minimum atomic E-state index is -4.12. The van der Waals surface area contributed by atoms with Gasteiger partial charge in [-0.1, -0.05) is 24.6 Å². The van der Waals surface area contributed by atoms with Crippen LogP contribution in [0.3, 0.4) is 0 Å². The molecule has 10 nitrogen and oxygen atoms in total. The first-order valence-corrected chi connectivity index (χ1v) is 12.5. The normalized spacial score (nSPS) is 18.5. The third kappa shape index (κ3) is 4.74. The highest BCUT2D eigenvalue weighted by Gasteiger charge is 2.60. The van der Waals surface area contributed by atoms with Gasteiger partial charge in [0.05, 0.1) is 30.4 Å². The fraction of sp³-hybridized carbons (Fsp3) is 0.429. The molecule has 3 atom stereocenters. The van der Waals surface area contributed by atoms with E-state index in [1.807, 2.05) is 0 Å². The molecule has 1 aliphatic rings. The zero-order valence-corrected chi connectivity index (χ0v) is 20.8. The van der Waals surface area contributed by atoms with Gasteiger partial charge >= 0.3 is 0 Å². The quantitative estimate of drug-likeness (QED) is 0.445. The molecule has 0 spiro atoms. The van der Waals surface area contributed by atoms with Gasteiger partial charge in [0.25, 0.3) is 5.92 Å². The summed E-state index contributed by atoms with van der Waals surface area (Å²) in [7, 11) is -1.32. The Hall–Kier alpha value is -3.06. The van der Waals surface area contributed by atoms with Crippen LogP contribution < -0.4 is 14.2 Å². The van der Waals surface area contributed by atoms with Gasteiger partial charge in [-0.2, -0.15) is 0 Å². The number of benzene rings is 1. The van der Waals surface area contributed by atoms with Crippen LogP contribution in [0.1, 0.15) is 43.8 Å². The average Bonchev–Trinajstić information content (AvgIpc) is 3.28. The molecule has 0 aliphatic heterocycles. The zero-order valence-electron chi connectivity index (χ0n) is 19.2. The molecule has 0 saturated heterocycles. The number of sulfonamides is 1. The third-order valence-corrected chi connectivity index (χ3v) is 7.98. The van der Waals surface area contributed by atoms with Crippen molar-refractivity contribution in [2.24, 2.45) is 0 Å². The average molecular weight is 529 g/mol. The van der Waals surface area contributed by atoms with Gasteiger partial charge in [0.1, 0.15) is 28.8 Å². The molecule has 0 amide bonds. The van der Waals surface area contributed by atoms with Gasteiger partial charge in [0, 0.05) is 24.7 Å². The van der Waals surface area contributed by atoms with Crippen molar-refractivity contribution in [3.8, 4) is 17.2 Å². The molecule has 0 unspecified atom stereocenters. The van der Waals surface area contributed by atoms with Crippen LogP contribution in [0.25, 0.3) is 5.69 Å². The molecule has 2 heterocycles. The van der Waals surface area contributed by atoms with Gasteiger partial charge in [0.2, 0.25) is 16.0 Å². The van der Waals surface area contributed by atoms with Crippen LogP contribution in [0.4, 0.5) is 14.7 Å². The van der Waals surface area contributed by atoms with Crippen molar-refractivity contribution in [2.45, 2.75) is 43.3 Å². The summed E-state index contributed by atoms with van der Waals surface area (Å²) in [6.07, 6.45) is 2.32. The van der Waals surface area contributed by atoms with E-state index in [0.29, 0.717) is 5.02 Å². The van der Waals surface area contributed by atoms with Crippen molar-refractivity contribution in [3.63, 3.8) is 0 Å². The van der Waals surface area contributed by atoms with E-state index < -0.39 is 39.5 Å². The van der Waals surface area contributed by atoms with Crippen molar-refractivity contribution in [1.29, 1.82) is 0 Å². The number of alkyl halides is 2. The van der Waals surface area contributed by atoms with Gasteiger partial charge in [-0.15, -0.1) is 10.2 Å². The van der Waals surface area contributed by atoms with Crippen molar-refractivity contribution >= 4 is 27.6 Å². The van der Waals surface area contributed by atoms with Gasteiger partial charge in [-0.05, 0) is 19.1 Å². The van der Waals surface area contributed by atoms with Crippen LogP contribution in [0, 0.1) is 0 Å². The fourth-order valence-electron chi connectivity index (χ4n) is 3.61. The molecule has 0 bridgehead atoms. The second-order valence-corrected chi connectivity index (χ2v) is 10.6. The van der Waals surface area contributed by atoms with E-state index in [-0.39, 0.29) is 34.8 Å². The number of hydrogen-bond donors (Lipinski definition) is 1. The molecule has 1 aromatic carbocycles. The summed E-state index contributed by atoms with van der Waals surface area (Å²) in [6, 6.07) is 4.83. The summed E-state index contributed by atoms with van der Waals surface area (Å²) in [5.41, 5.74) is 0.194. The molecule has 14 heteroatoms. The van der Waals surface area contributed by atoms with Gasteiger partial charge in [-0.25, -0.2) is 27.2 Å². The van der Waals surface area contributed by atoms with Crippen LogP contribution in [0.5, 0.6) is 11.5 Å². The monoisotopic (exact) mass is 528 g/mol. The van der Waals surface area contributed by atoms with Crippen molar-refractivity contribution in [3.05, 3.63) is 47.3 Å². The van der Waals surface area contributed by atoms with Crippen LogP contribution in [0.15, 0.2) is 30.6 Å². The molecule has 2 aromatic heterocycles. The molecule has 0 radical (unpaired) electrons. The summed E-state index contributed by atoms with van der Waals surface area (Å²) < 4.78 is 69.1. The summed E-state index contributed by atoms with van der Waals surface area (Å²) in [6.45, 7) is 3.13. The number of halogens is 3. The first kappa shape index (κ1) is 25.0. The van der Waals surface area contributed by atoms with Gasteiger partial charge < -0.3 is 9.47 Å². The topological polar surface area (TPSA) is 121 Å². The van der Waals surface area contributed by atoms with E-state index in [2.05, 4.69) is 24.9 Å². The molecular weight excluding hydrogens is 506 g/mol. The SMILES string of the molecule is COc1cccc(OC)c1-n1c(NS(=O)(=O)[C@@H](C)[C@H](C)c2ncc(Cl)cn2)nnc1[C@@H]1CC1(F)F. The Morgan fingerprint density at radius 1 is 1.14 bits per heavy atom. The molecule has 1 N–H and O–H groups in total. The smallest absolute Gasteiger partial charge is 0.259 e. The number of hydrogen-bond acceptors (Lipinski definition) is 8. The number of rotatable bonds is 9. The van der Waals surface area contributed by atoms with E-state index in [0.717, 1.165) is 0 Å². The standard InChI is InChI=1S/C21H23ClF2N6O4S/c1-11(18-25-9-13(22)10-26-18)12(2)35(31,32)29-20-28-27-19(14-8-21(14,23)24)30(20)17-15(33-3)6-5-7-16(17)34-4/h5-7,9-12,14H,8H2,1-4H3,(H,28,29)/t11-,12-,14-/m0/s1. The Morgan fingerprint density at radius 3 is 2.23 bits per heavy atom. The summed E-state index contributed by atoms with van der Waals surface area (Å²) in [5.74, 6) is -4.45. The largest absolute Gasteiger partial charge is 0.494 e. The third-order valence-electron chi connectivity index (χ3n) is 5.93. The van der Waals surface area contributed by atoms with Crippen LogP contribution in [-0.2, 0) is 10.0 Å². The lowest BCUT2D eigenvalue weighted by Crippen LogP contribution is -2.31. The minimum Gasteiger partial charge on any atom is -0.494 e. The summed E-state index contributed by atoms with van der Waals surface area (Å²) in [4.78, 5) is 8.19. The van der Waals surface area contributed by atoms with Gasteiger partial charge in [-0.3, -0.25) is 9.29 Å². The maximum Gasteiger partial charge on any atom is 0.259 e. The Bertz CT molecular complexity index is 1310.